The Labute approximate surface area is 77.6 Å². The van der Waals surface area contributed by atoms with E-state index in [0.29, 0.717) is 0 Å². The Kier molecular flexibility index (Phi) is 16.5. The van der Waals surface area contributed by atoms with Gasteiger partial charge in [0.2, 0.25) is 0 Å². The Bertz CT molecular complexity index is 40.5. The Morgan fingerprint density at radius 1 is 0.900 bits per heavy atom. The average molecular weight is 180 g/mol. The van der Waals surface area contributed by atoms with E-state index in [1.165, 1.54) is 38.5 Å². The molecule has 0 aromatic carbocycles. The molecular weight excluding hydrogens is 160 g/mol. The number of unbranched alkanes of at least 4 members (excludes halogenated alkanes) is 5. The fraction of sp³-hybridized carbons (Fsp3) is 1.00. The summed E-state index contributed by atoms with van der Waals surface area (Å²) >= 11 is 4.15. The normalized spacial score (nSPS) is 9.00. The molecule has 0 saturated carbocycles. The highest BCUT2D eigenvalue weighted by atomic mass is 32.1. The minimum atomic E-state index is 0. The van der Waals surface area contributed by atoms with Crippen LogP contribution in [-0.2, 0) is 0 Å². The lowest BCUT2D eigenvalue weighted by Crippen LogP contribution is -1.78. The first-order chi connectivity index (χ1) is 4.41. The third-order valence-corrected chi connectivity index (χ3v) is 1.83. The molecule has 0 saturated heterocycles. The first-order valence-corrected chi connectivity index (χ1v) is 4.66. The molecule has 0 N–H and O–H groups in total. The molecule has 0 spiro atoms. The molecule has 0 aromatic heterocycles. The second kappa shape index (κ2) is 12.4. The Morgan fingerprint density at radius 3 is 1.90 bits per heavy atom. The molecule has 0 aliphatic carbocycles. The van der Waals surface area contributed by atoms with E-state index in [1.807, 2.05) is 0 Å². The Hall–Kier alpha value is 0.700. The molecule has 2 heteroatoms. The maximum atomic E-state index is 4.15. The van der Waals surface area contributed by atoms with Gasteiger partial charge in [-0.15, -0.1) is 0 Å². The summed E-state index contributed by atoms with van der Waals surface area (Å²) in [4.78, 5) is 0. The summed E-state index contributed by atoms with van der Waals surface area (Å²) in [5.41, 5.74) is 0. The second-order valence-electron chi connectivity index (χ2n) is 2.49. The average Bonchev–Trinajstić information content (AvgIpc) is 1.89. The lowest BCUT2D eigenvalue weighted by atomic mass is 10.1. The van der Waals surface area contributed by atoms with Gasteiger partial charge < -0.3 is 0 Å². The SMILES string of the molecule is CCCCCCCCS.S. The van der Waals surface area contributed by atoms with Gasteiger partial charge in [0.05, 0.1) is 0 Å². The van der Waals surface area contributed by atoms with E-state index in [0.717, 1.165) is 5.75 Å². The zero-order chi connectivity index (χ0) is 6.95. The molecule has 0 atom stereocenters. The van der Waals surface area contributed by atoms with Gasteiger partial charge in [-0.2, -0.15) is 26.1 Å². The van der Waals surface area contributed by atoms with Crippen LogP contribution >= 0.6 is 26.1 Å². The monoisotopic (exact) mass is 180 g/mol. The quantitative estimate of drug-likeness (QED) is 0.470. The van der Waals surface area contributed by atoms with Gasteiger partial charge in [0.15, 0.2) is 0 Å². The Morgan fingerprint density at radius 2 is 1.40 bits per heavy atom. The van der Waals surface area contributed by atoms with Crippen molar-refractivity contribution in [3.8, 4) is 0 Å². The van der Waals surface area contributed by atoms with Crippen LogP contribution in [0.25, 0.3) is 0 Å². The molecule has 10 heavy (non-hydrogen) atoms. The van der Waals surface area contributed by atoms with E-state index >= 15 is 0 Å². The minimum Gasteiger partial charge on any atom is -0.197 e. The summed E-state index contributed by atoms with van der Waals surface area (Å²) in [6, 6.07) is 0. The van der Waals surface area contributed by atoms with E-state index in [9.17, 15) is 0 Å². The molecule has 0 aliphatic heterocycles. The van der Waals surface area contributed by atoms with Crippen LogP contribution in [0, 0.1) is 0 Å². The molecular formula is C8H20S2. The van der Waals surface area contributed by atoms with Crippen LogP contribution in [0.3, 0.4) is 0 Å². The number of thiol groups is 1. The first kappa shape index (κ1) is 13.3. The highest BCUT2D eigenvalue weighted by Gasteiger charge is 1.86. The number of hydrogen-bond acceptors (Lipinski definition) is 1. The molecule has 0 aromatic rings. The van der Waals surface area contributed by atoms with Gasteiger partial charge >= 0.3 is 0 Å². The molecule has 0 rings (SSSR count). The summed E-state index contributed by atoms with van der Waals surface area (Å²) in [6.45, 7) is 2.25. The highest BCUT2D eigenvalue weighted by Crippen LogP contribution is 2.04. The van der Waals surface area contributed by atoms with E-state index in [1.54, 1.807) is 0 Å². The van der Waals surface area contributed by atoms with Crippen molar-refractivity contribution in [2.45, 2.75) is 45.4 Å². The van der Waals surface area contributed by atoms with E-state index in [2.05, 4.69) is 19.6 Å². The molecule has 0 bridgehead atoms. The van der Waals surface area contributed by atoms with Gasteiger partial charge in [0, 0.05) is 0 Å². The van der Waals surface area contributed by atoms with Gasteiger partial charge in [-0.25, -0.2) is 0 Å². The van der Waals surface area contributed by atoms with Crippen LogP contribution < -0.4 is 0 Å². The molecule has 0 fully saturated rings. The maximum absolute atomic E-state index is 4.15. The summed E-state index contributed by atoms with van der Waals surface area (Å²) in [7, 11) is 0. The van der Waals surface area contributed by atoms with E-state index in [4.69, 9.17) is 0 Å². The lowest BCUT2D eigenvalue weighted by molar-refractivity contribution is 0.627. The molecule has 0 aliphatic rings. The van der Waals surface area contributed by atoms with Crippen molar-refractivity contribution in [3.63, 3.8) is 0 Å². The van der Waals surface area contributed by atoms with Crippen molar-refractivity contribution in [2.24, 2.45) is 0 Å². The summed E-state index contributed by atoms with van der Waals surface area (Å²) in [5.74, 6) is 1.06. The number of rotatable bonds is 6. The summed E-state index contributed by atoms with van der Waals surface area (Å²) < 4.78 is 0. The molecule has 0 nitrogen and oxygen atoms in total. The zero-order valence-electron chi connectivity index (χ0n) is 6.90. The summed E-state index contributed by atoms with van der Waals surface area (Å²) in [5, 5.41) is 0. The van der Waals surface area contributed by atoms with Crippen LogP contribution in [0.5, 0.6) is 0 Å². The van der Waals surface area contributed by atoms with E-state index in [-0.39, 0.29) is 13.5 Å². The van der Waals surface area contributed by atoms with Crippen LogP contribution in [0.1, 0.15) is 45.4 Å². The third-order valence-electron chi connectivity index (χ3n) is 1.51. The molecule has 0 radical (unpaired) electrons. The van der Waals surface area contributed by atoms with Gasteiger partial charge in [0.25, 0.3) is 0 Å². The van der Waals surface area contributed by atoms with E-state index < -0.39 is 0 Å². The van der Waals surface area contributed by atoms with Crippen molar-refractivity contribution in [3.05, 3.63) is 0 Å². The molecule has 0 unspecified atom stereocenters. The van der Waals surface area contributed by atoms with Gasteiger partial charge in [-0.3, -0.25) is 0 Å². The molecule has 0 heterocycles. The van der Waals surface area contributed by atoms with Crippen molar-refractivity contribution in [2.75, 3.05) is 5.75 Å². The largest absolute Gasteiger partial charge is 0.197 e. The summed E-state index contributed by atoms with van der Waals surface area (Å²) in [6.07, 6.45) is 8.27. The number of hydrogen-bond donors (Lipinski definition) is 1. The van der Waals surface area contributed by atoms with Crippen LogP contribution in [0.2, 0.25) is 0 Å². The van der Waals surface area contributed by atoms with Crippen LogP contribution in [0.4, 0.5) is 0 Å². The van der Waals surface area contributed by atoms with Crippen molar-refractivity contribution >= 4 is 26.1 Å². The third kappa shape index (κ3) is 11.5. The molecule has 64 valence electrons. The van der Waals surface area contributed by atoms with Crippen LogP contribution in [0.15, 0.2) is 0 Å². The predicted molar refractivity (Wildman–Crippen MR) is 57.6 cm³/mol. The fourth-order valence-corrected chi connectivity index (χ4v) is 1.12. The van der Waals surface area contributed by atoms with Gasteiger partial charge in [0.1, 0.15) is 0 Å². The lowest BCUT2D eigenvalue weighted by Gasteiger charge is -1.95. The topological polar surface area (TPSA) is 0 Å². The highest BCUT2D eigenvalue weighted by molar-refractivity contribution is 7.80. The maximum Gasteiger partial charge on any atom is -0.00979 e. The van der Waals surface area contributed by atoms with Crippen LogP contribution in [-0.4, -0.2) is 5.75 Å². The van der Waals surface area contributed by atoms with Gasteiger partial charge in [-0.05, 0) is 12.2 Å². The smallest absolute Gasteiger partial charge is 0.00979 e. The first-order valence-electron chi connectivity index (χ1n) is 4.02. The van der Waals surface area contributed by atoms with Crippen molar-refractivity contribution in [1.29, 1.82) is 0 Å². The van der Waals surface area contributed by atoms with Crippen molar-refractivity contribution in [1.82, 2.24) is 0 Å². The molecule has 0 amide bonds. The Balaban J connectivity index is 0. The van der Waals surface area contributed by atoms with Crippen molar-refractivity contribution < 1.29 is 0 Å². The minimum absolute atomic E-state index is 0. The second-order valence-corrected chi connectivity index (χ2v) is 2.94. The standard InChI is InChI=1S/C8H18S.H2S/c1-2-3-4-5-6-7-8-9;/h9H,2-8H2,1H3;1H2. The predicted octanol–water partition coefficient (Wildman–Crippen LogP) is 3.39. The van der Waals surface area contributed by atoms with Gasteiger partial charge in [-0.1, -0.05) is 39.0 Å². The fourth-order valence-electron chi connectivity index (χ4n) is 0.892. The zero-order valence-corrected chi connectivity index (χ0v) is 8.79.